The Balaban J connectivity index is 1.94. The molecule has 0 radical (unpaired) electrons. The van der Waals surface area contributed by atoms with Crippen LogP contribution < -0.4 is 5.32 Å². The van der Waals surface area contributed by atoms with Crippen LogP contribution in [-0.4, -0.2) is 4.98 Å². The number of hydrogen-bond acceptors (Lipinski definition) is 3. The van der Waals surface area contributed by atoms with Crippen molar-refractivity contribution in [3.8, 4) is 0 Å². The Bertz CT molecular complexity index is 511. The van der Waals surface area contributed by atoms with E-state index >= 15 is 0 Å². The van der Waals surface area contributed by atoms with Gasteiger partial charge in [0, 0.05) is 34.7 Å². The van der Waals surface area contributed by atoms with Gasteiger partial charge in [-0.05, 0) is 42.2 Å². The molecule has 19 heavy (non-hydrogen) atoms. The molecule has 0 saturated carbocycles. The van der Waals surface area contributed by atoms with E-state index in [4.69, 9.17) is 0 Å². The van der Waals surface area contributed by atoms with Crippen LogP contribution in [-0.2, 0) is 12.0 Å². The lowest BCUT2D eigenvalue weighted by atomic mass is 9.95. The second kappa shape index (κ2) is 5.85. The summed E-state index contributed by atoms with van der Waals surface area (Å²) in [6, 6.07) is 8.96. The van der Waals surface area contributed by atoms with E-state index in [2.05, 4.69) is 62.3 Å². The lowest BCUT2D eigenvalue weighted by Gasteiger charge is -2.15. The van der Waals surface area contributed by atoms with Crippen molar-refractivity contribution in [2.75, 3.05) is 0 Å². The molecule has 2 rings (SSSR count). The van der Waals surface area contributed by atoms with Crippen LogP contribution in [0, 0.1) is 0 Å². The summed E-state index contributed by atoms with van der Waals surface area (Å²) in [5.41, 5.74) is 1.53. The summed E-state index contributed by atoms with van der Waals surface area (Å²) in [4.78, 5) is 6.89. The van der Waals surface area contributed by atoms with E-state index in [1.807, 2.05) is 23.7 Å². The molecule has 2 aromatic heterocycles. The number of rotatable bonds is 4. The average molecular weight is 274 g/mol. The number of nitrogens with one attached hydrogen (secondary N) is 1. The SMILES string of the molecule is C[C@@H](NCc1ccc(C(C)(C)C)s1)c1ccncc1. The molecule has 3 heteroatoms. The molecule has 102 valence electrons. The zero-order chi connectivity index (χ0) is 13.9. The smallest absolute Gasteiger partial charge is 0.0305 e. The van der Waals surface area contributed by atoms with Crippen molar-refractivity contribution in [3.05, 3.63) is 52.0 Å². The van der Waals surface area contributed by atoms with Crippen molar-refractivity contribution < 1.29 is 0 Å². The van der Waals surface area contributed by atoms with Crippen molar-refractivity contribution in [1.82, 2.24) is 10.3 Å². The molecule has 0 aromatic carbocycles. The molecule has 0 saturated heterocycles. The quantitative estimate of drug-likeness (QED) is 0.899. The molecule has 0 amide bonds. The summed E-state index contributed by atoms with van der Waals surface area (Å²) >= 11 is 1.90. The second-order valence-corrected chi connectivity index (χ2v) is 7.07. The minimum Gasteiger partial charge on any atom is -0.305 e. The van der Waals surface area contributed by atoms with Crippen molar-refractivity contribution in [3.63, 3.8) is 0 Å². The third-order valence-electron chi connectivity index (χ3n) is 3.19. The predicted octanol–water partition coefficient (Wildman–Crippen LogP) is 4.29. The molecule has 0 aliphatic rings. The van der Waals surface area contributed by atoms with Crippen LogP contribution in [0.15, 0.2) is 36.7 Å². The first-order valence-corrected chi connectivity index (χ1v) is 7.51. The fraction of sp³-hybridized carbons (Fsp3) is 0.438. The number of hydrogen-bond donors (Lipinski definition) is 1. The molecule has 2 nitrogen and oxygen atoms in total. The van der Waals surface area contributed by atoms with Crippen molar-refractivity contribution in [2.24, 2.45) is 0 Å². The van der Waals surface area contributed by atoms with Gasteiger partial charge >= 0.3 is 0 Å². The first-order valence-electron chi connectivity index (χ1n) is 6.69. The molecule has 0 fully saturated rings. The third-order valence-corrected chi connectivity index (χ3v) is 4.70. The highest BCUT2D eigenvalue weighted by atomic mass is 32.1. The molecular weight excluding hydrogens is 252 g/mol. The molecule has 1 atom stereocenters. The van der Waals surface area contributed by atoms with Crippen LogP contribution in [0.25, 0.3) is 0 Å². The summed E-state index contributed by atoms with van der Waals surface area (Å²) in [5.74, 6) is 0. The average Bonchev–Trinajstić information content (AvgIpc) is 2.86. The number of nitrogens with zero attached hydrogens (tertiary/aromatic N) is 1. The summed E-state index contributed by atoms with van der Waals surface area (Å²) in [7, 11) is 0. The topological polar surface area (TPSA) is 24.9 Å². The van der Waals surface area contributed by atoms with E-state index in [0.717, 1.165) is 6.54 Å². The van der Waals surface area contributed by atoms with Crippen LogP contribution in [0.2, 0.25) is 0 Å². The van der Waals surface area contributed by atoms with Crippen LogP contribution in [0.5, 0.6) is 0 Å². The van der Waals surface area contributed by atoms with Gasteiger partial charge in [-0.1, -0.05) is 20.8 Å². The van der Waals surface area contributed by atoms with E-state index in [1.165, 1.54) is 15.3 Å². The van der Waals surface area contributed by atoms with Crippen LogP contribution >= 0.6 is 11.3 Å². The standard InChI is InChI=1S/C16H22N2S/c1-12(13-7-9-17-10-8-13)18-11-14-5-6-15(19-14)16(2,3)4/h5-10,12,18H,11H2,1-4H3/t12-/m1/s1. The Morgan fingerprint density at radius 2 is 1.84 bits per heavy atom. The number of pyridine rings is 1. The minimum atomic E-state index is 0.250. The maximum atomic E-state index is 4.05. The molecule has 2 heterocycles. The normalized spacial score (nSPS) is 13.5. The highest BCUT2D eigenvalue weighted by molar-refractivity contribution is 7.12. The first-order chi connectivity index (χ1) is 8.97. The van der Waals surface area contributed by atoms with E-state index < -0.39 is 0 Å². The molecule has 0 aliphatic heterocycles. The fourth-order valence-electron chi connectivity index (χ4n) is 1.90. The molecule has 1 N–H and O–H groups in total. The molecule has 0 unspecified atom stereocenters. The van der Waals surface area contributed by atoms with Gasteiger partial charge < -0.3 is 5.32 Å². The van der Waals surface area contributed by atoms with Gasteiger partial charge in [0.2, 0.25) is 0 Å². The summed E-state index contributed by atoms with van der Waals surface area (Å²) in [5, 5.41) is 3.56. The van der Waals surface area contributed by atoms with Gasteiger partial charge in [-0.2, -0.15) is 0 Å². The Labute approximate surface area is 119 Å². The van der Waals surface area contributed by atoms with Crippen molar-refractivity contribution >= 4 is 11.3 Å². The zero-order valence-electron chi connectivity index (χ0n) is 12.1. The van der Waals surface area contributed by atoms with Crippen LogP contribution in [0.3, 0.4) is 0 Å². The van der Waals surface area contributed by atoms with Crippen LogP contribution in [0.1, 0.15) is 49.1 Å². The van der Waals surface area contributed by atoms with E-state index in [-0.39, 0.29) is 5.41 Å². The second-order valence-electron chi connectivity index (χ2n) is 5.90. The molecule has 0 spiro atoms. The van der Waals surface area contributed by atoms with E-state index in [0.29, 0.717) is 6.04 Å². The molecular formula is C16H22N2S. The van der Waals surface area contributed by atoms with Gasteiger partial charge in [-0.25, -0.2) is 0 Å². The van der Waals surface area contributed by atoms with Crippen molar-refractivity contribution in [2.45, 2.75) is 45.7 Å². The third kappa shape index (κ3) is 3.88. The monoisotopic (exact) mass is 274 g/mol. The van der Waals surface area contributed by atoms with E-state index in [1.54, 1.807) is 0 Å². The highest BCUT2D eigenvalue weighted by Crippen LogP contribution is 2.29. The van der Waals surface area contributed by atoms with Gasteiger partial charge in [-0.3, -0.25) is 4.98 Å². The lowest BCUT2D eigenvalue weighted by Crippen LogP contribution is -2.17. The largest absolute Gasteiger partial charge is 0.305 e. The fourth-order valence-corrected chi connectivity index (χ4v) is 2.92. The molecule has 0 aliphatic carbocycles. The Hall–Kier alpha value is -1.19. The van der Waals surface area contributed by atoms with E-state index in [9.17, 15) is 0 Å². The molecule has 0 bridgehead atoms. The lowest BCUT2D eigenvalue weighted by molar-refractivity contribution is 0.578. The highest BCUT2D eigenvalue weighted by Gasteiger charge is 2.16. The summed E-state index contributed by atoms with van der Waals surface area (Å²) < 4.78 is 0. The predicted molar refractivity (Wildman–Crippen MR) is 82.5 cm³/mol. The first kappa shape index (κ1) is 14.2. The van der Waals surface area contributed by atoms with Crippen LogP contribution in [0.4, 0.5) is 0 Å². The van der Waals surface area contributed by atoms with Gasteiger partial charge in [0.1, 0.15) is 0 Å². The maximum Gasteiger partial charge on any atom is 0.0305 e. The zero-order valence-corrected chi connectivity index (χ0v) is 12.9. The van der Waals surface area contributed by atoms with Gasteiger partial charge in [0.05, 0.1) is 0 Å². The number of thiophene rings is 1. The van der Waals surface area contributed by atoms with Gasteiger partial charge in [0.15, 0.2) is 0 Å². The maximum absolute atomic E-state index is 4.05. The van der Waals surface area contributed by atoms with Gasteiger partial charge in [0.25, 0.3) is 0 Å². The Morgan fingerprint density at radius 1 is 1.16 bits per heavy atom. The number of aromatic nitrogens is 1. The minimum absolute atomic E-state index is 0.250. The van der Waals surface area contributed by atoms with Gasteiger partial charge in [-0.15, -0.1) is 11.3 Å². The summed E-state index contributed by atoms with van der Waals surface area (Å²) in [6.45, 7) is 9.89. The Kier molecular flexibility index (Phi) is 4.38. The molecule has 2 aromatic rings. The Morgan fingerprint density at radius 3 is 2.42 bits per heavy atom. The van der Waals surface area contributed by atoms with Crippen molar-refractivity contribution in [1.29, 1.82) is 0 Å². The summed E-state index contributed by atoms with van der Waals surface area (Å²) in [6.07, 6.45) is 3.69.